The molecule has 10 heteroatoms. The Balaban J connectivity index is 1.57. The van der Waals surface area contributed by atoms with Crippen molar-refractivity contribution in [1.29, 1.82) is 0 Å². The normalized spacial score (nSPS) is 12.8. The second-order valence-corrected chi connectivity index (χ2v) is 6.17. The Bertz CT molecular complexity index is 975. The maximum Gasteiger partial charge on any atom is 0.418 e. The molecule has 1 amide bonds. The fourth-order valence-electron chi connectivity index (χ4n) is 2.43. The van der Waals surface area contributed by atoms with Gasteiger partial charge in [-0.15, -0.1) is 0 Å². The standard InChI is InChI=1S/C19H13ClF3NO5/c20-13-3-1-2-12(19(21,22)23)18(13)24-16(25)9-27-17(26)7-5-11-4-6-14-15(8-11)29-10-28-14/h1-8H,9-10H2,(H,24,25). The van der Waals surface area contributed by atoms with E-state index in [1.807, 2.05) is 5.32 Å². The Morgan fingerprint density at radius 3 is 2.69 bits per heavy atom. The van der Waals surface area contributed by atoms with Crippen LogP contribution in [0.25, 0.3) is 6.08 Å². The van der Waals surface area contributed by atoms with Crippen molar-refractivity contribution < 1.29 is 37.0 Å². The highest BCUT2D eigenvalue weighted by atomic mass is 35.5. The van der Waals surface area contributed by atoms with Crippen LogP contribution in [0.5, 0.6) is 11.5 Å². The predicted octanol–water partition coefficient (Wildman–Crippen LogP) is 4.28. The number of hydrogen-bond acceptors (Lipinski definition) is 5. The quantitative estimate of drug-likeness (QED) is 0.569. The highest BCUT2D eigenvalue weighted by Gasteiger charge is 2.34. The summed E-state index contributed by atoms with van der Waals surface area (Å²) in [6.07, 6.45) is -2.21. The first kappa shape index (κ1) is 20.5. The van der Waals surface area contributed by atoms with E-state index in [9.17, 15) is 22.8 Å². The molecule has 0 saturated carbocycles. The smallest absolute Gasteiger partial charge is 0.418 e. The molecule has 0 aromatic heterocycles. The minimum atomic E-state index is -4.71. The van der Waals surface area contributed by atoms with Gasteiger partial charge < -0.3 is 19.5 Å². The monoisotopic (exact) mass is 427 g/mol. The van der Waals surface area contributed by atoms with E-state index < -0.39 is 35.9 Å². The van der Waals surface area contributed by atoms with Crippen LogP contribution >= 0.6 is 11.6 Å². The lowest BCUT2D eigenvalue weighted by Gasteiger charge is -2.15. The number of fused-ring (bicyclic) bond motifs is 1. The highest BCUT2D eigenvalue weighted by Crippen LogP contribution is 2.38. The minimum absolute atomic E-state index is 0.112. The van der Waals surface area contributed by atoms with E-state index in [-0.39, 0.29) is 11.8 Å². The van der Waals surface area contributed by atoms with Crippen LogP contribution < -0.4 is 14.8 Å². The summed E-state index contributed by atoms with van der Waals surface area (Å²) in [7, 11) is 0. The average molecular weight is 428 g/mol. The molecular formula is C19H13ClF3NO5. The molecule has 1 aliphatic heterocycles. The van der Waals surface area contributed by atoms with E-state index in [4.69, 9.17) is 25.8 Å². The number of para-hydroxylation sites is 1. The molecule has 0 spiro atoms. The maximum absolute atomic E-state index is 13.0. The van der Waals surface area contributed by atoms with E-state index in [1.54, 1.807) is 18.2 Å². The lowest BCUT2D eigenvalue weighted by atomic mass is 10.1. The zero-order chi connectivity index (χ0) is 21.0. The molecule has 0 radical (unpaired) electrons. The van der Waals surface area contributed by atoms with Crippen LogP contribution in [-0.4, -0.2) is 25.3 Å². The van der Waals surface area contributed by atoms with Crippen LogP contribution in [-0.2, 0) is 20.5 Å². The van der Waals surface area contributed by atoms with Gasteiger partial charge in [-0.05, 0) is 35.9 Å². The summed E-state index contributed by atoms with van der Waals surface area (Å²) in [6.45, 7) is -0.673. The summed E-state index contributed by atoms with van der Waals surface area (Å²) in [5.41, 5.74) is -1.08. The Hall–Kier alpha value is -3.20. The van der Waals surface area contributed by atoms with Crippen LogP contribution in [0.15, 0.2) is 42.5 Å². The molecule has 0 bridgehead atoms. The number of anilines is 1. The second-order valence-electron chi connectivity index (χ2n) is 5.76. The van der Waals surface area contributed by atoms with Crippen LogP contribution in [0.1, 0.15) is 11.1 Å². The van der Waals surface area contributed by atoms with Gasteiger partial charge in [-0.2, -0.15) is 13.2 Å². The van der Waals surface area contributed by atoms with Crippen molar-refractivity contribution in [3.05, 3.63) is 58.6 Å². The SMILES string of the molecule is O=C(COC(=O)C=Cc1ccc2c(c1)OCO2)Nc1c(Cl)cccc1C(F)(F)F. The van der Waals surface area contributed by atoms with Crippen molar-refractivity contribution in [1.82, 2.24) is 0 Å². The van der Waals surface area contributed by atoms with Gasteiger partial charge in [0.25, 0.3) is 5.91 Å². The fourth-order valence-corrected chi connectivity index (χ4v) is 2.65. The van der Waals surface area contributed by atoms with Crippen molar-refractivity contribution in [2.75, 3.05) is 18.7 Å². The van der Waals surface area contributed by atoms with Gasteiger partial charge >= 0.3 is 12.1 Å². The molecule has 0 saturated heterocycles. The number of carbonyl (C=O) groups excluding carboxylic acids is 2. The van der Waals surface area contributed by atoms with Gasteiger partial charge in [0.1, 0.15) is 0 Å². The third-order valence-electron chi connectivity index (χ3n) is 3.74. The number of rotatable bonds is 5. The van der Waals surface area contributed by atoms with Crippen LogP contribution in [0.2, 0.25) is 5.02 Å². The van der Waals surface area contributed by atoms with E-state index in [2.05, 4.69) is 0 Å². The van der Waals surface area contributed by atoms with Crippen molar-refractivity contribution in [2.24, 2.45) is 0 Å². The molecule has 29 heavy (non-hydrogen) atoms. The van der Waals surface area contributed by atoms with E-state index >= 15 is 0 Å². The van der Waals surface area contributed by atoms with Crippen LogP contribution in [0.4, 0.5) is 18.9 Å². The number of nitrogens with one attached hydrogen (secondary N) is 1. The first-order chi connectivity index (χ1) is 13.7. The molecule has 2 aromatic rings. The Labute approximate surface area is 167 Å². The number of amides is 1. The first-order valence-electron chi connectivity index (χ1n) is 8.14. The Morgan fingerprint density at radius 2 is 1.93 bits per heavy atom. The average Bonchev–Trinajstić information content (AvgIpc) is 3.13. The Morgan fingerprint density at radius 1 is 1.17 bits per heavy atom. The molecule has 6 nitrogen and oxygen atoms in total. The van der Waals surface area contributed by atoms with E-state index in [0.717, 1.165) is 18.2 Å². The molecule has 0 unspecified atom stereocenters. The number of alkyl halides is 3. The third-order valence-corrected chi connectivity index (χ3v) is 4.05. The summed E-state index contributed by atoms with van der Waals surface area (Å²) in [5, 5.41) is 1.73. The van der Waals surface area contributed by atoms with Crippen molar-refractivity contribution in [3.63, 3.8) is 0 Å². The topological polar surface area (TPSA) is 73.9 Å². The minimum Gasteiger partial charge on any atom is -0.454 e. The van der Waals surface area contributed by atoms with Gasteiger partial charge in [-0.25, -0.2) is 4.79 Å². The number of carbonyl (C=O) groups is 2. The summed E-state index contributed by atoms with van der Waals surface area (Å²) in [4.78, 5) is 23.6. The fraction of sp³-hybridized carbons (Fsp3) is 0.158. The van der Waals surface area contributed by atoms with Gasteiger partial charge in [0.2, 0.25) is 6.79 Å². The van der Waals surface area contributed by atoms with Crippen molar-refractivity contribution >= 4 is 35.2 Å². The van der Waals surface area contributed by atoms with Crippen molar-refractivity contribution in [3.8, 4) is 11.5 Å². The predicted molar refractivity (Wildman–Crippen MR) is 97.6 cm³/mol. The highest BCUT2D eigenvalue weighted by molar-refractivity contribution is 6.34. The molecule has 152 valence electrons. The lowest BCUT2D eigenvalue weighted by molar-refractivity contribution is -0.142. The first-order valence-corrected chi connectivity index (χ1v) is 8.52. The van der Waals surface area contributed by atoms with Gasteiger partial charge in [0, 0.05) is 6.08 Å². The number of hydrogen-bond donors (Lipinski definition) is 1. The second kappa shape index (κ2) is 8.44. The number of benzene rings is 2. The number of ether oxygens (including phenoxy) is 3. The van der Waals surface area contributed by atoms with E-state index in [1.165, 1.54) is 12.1 Å². The molecule has 0 fully saturated rings. The lowest BCUT2D eigenvalue weighted by Crippen LogP contribution is -2.22. The largest absolute Gasteiger partial charge is 0.454 e. The molecule has 1 N–H and O–H groups in total. The maximum atomic E-state index is 13.0. The van der Waals surface area contributed by atoms with E-state index in [0.29, 0.717) is 17.1 Å². The summed E-state index contributed by atoms with van der Waals surface area (Å²) in [6, 6.07) is 8.09. The molecule has 1 aliphatic rings. The Kier molecular flexibility index (Phi) is 5.97. The van der Waals surface area contributed by atoms with Gasteiger partial charge in [0.05, 0.1) is 16.3 Å². The molecule has 2 aromatic carbocycles. The number of esters is 1. The number of halogens is 4. The summed E-state index contributed by atoms with van der Waals surface area (Å²) in [5.74, 6) is -0.708. The molecule has 0 aliphatic carbocycles. The zero-order valence-corrected chi connectivity index (χ0v) is 15.3. The van der Waals surface area contributed by atoms with Gasteiger partial charge in [-0.1, -0.05) is 23.7 Å². The summed E-state index contributed by atoms with van der Waals surface area (Å²) < 4.78 is 54.2. The van der Waals surface area contributed by atoms with Gasteiger partial charge in [-0.3, -0.25) is 4.79 Å². The molecule has 1 heterocycles. The van der Waals surface area contributed by atoms with Crippen molar-refractivity contribution in [2.45, 2.75) is 6.18 Å². The molecular weight excluding hydrogens is 415 g/mol. The molecule has 3 rings (SSSR count). The van der Waals surface area contributed by atoms with Gasteiger partial charge in [0.15, 0.2) is 18.1 Å². The zero-order valence-electron chi connectivity index (χ0n) is 14.6. The molecule has 0 atom stereocenters. The van der Waals surface area contributed by atoms with Crippen LogP contribution in [0, 0.1) is 0 Å². The third kappa shape index (κ3) is 5.20. The van der Waals surface area contributed by atoms with Crippen LogP contribution in [0.3, 0.4) is 0 Å². The summed E-state index contributed by atoms with van der Waals surface area (Å²) >= 11 is 5.75.